The number of aliphatic imine (C=N–C) groups is 1. The lowest BCUT2D eigenvalue weighted by atomic mass is 9.87. The van der Waals surface area contributed by atoms with Crippen LogP contribution in [-0.4, -0.2) is 38.0 Å². The third-order valence-electron chi connectivity index (χ3n) is 6.24. The number of hydrogen-bond acceptors (Lipinski definition) is 5. The molecule has 4 heterocycles. The Morgan fingerprint density at radius 2 is 2.14 bits per heavy atom. The molecule has 2 aromatic heterocycles. The lowest BCUT2D eigenvalue weighted by molar-refractivity contribution is 0.0646. The molecule has 28 heavy (non-hydrogen) atoms. The normalized spacial score (nSPS) is 21.4. The molecule has 1 fully saturated rings. The lowest BCUT2D eigenvalue weighted by Crippen LogP contribution is -2.48. The summed E-state index contributed by atoms with van der Waals surface area (Å²) in [5, 5.41) is 0. The van der Waals surface area contributed by atoms with E-state index >= 15 is 0 Å². The van der Waals surface area contributed by atoms with Crippen molar-refractivity contribution in [3.8, 4) is 0 Å². The van der Waals surface area contributed by atoms with Crippen molar-refractivity contribution in [1.29, 1.82) is 0 Å². The first-order valence-corrected chi connectivity index (χ1v) is 9.56. The summed E-state index contributed by atoms with van der Waals surface area (Å²) >= 11 is 0. The molecule has 3 aromatic rings. The van der Waals surface area contributed by atoms with Gasteiger partial charge in [-0.05, 0) is 31.4 Å². The molecule has 1 aliphatic carbocycles. The number of carbonyl (C=O) groups excluding carboxylic acids is 1. The van der Waals surface area contributed by atoms with Crippen molar-refractivity contribution in [3.63, 3.8) is 0 Å². The molecule has 0 bridgehead atoms. The molecule has 3 aliphatic rings. The number of imidazole rings is 1. The van der Waals surface area contributed by atoms with Gasteiger partial charge >= 0.3 is 0 Å². The first-order valence-electron chi connectivity index (χ1n) is 9.56. The Balaban J connectivity index is 1.48. The standard InChI is InChI=1S/C21H19N5O2/c1-12-18(28-11-24-12)20(27)26-9-21(6-7-21)19-16(22-10-23-19)17(26)15-8-13-4-2-3-5-14(13)25-15/h2-5,10-11,17H,6-9H2,1H3,(H,22,23)/t17-/m1/s1. The van der Waals surface area contributed by atoms with Gasteiger partial charge in [-0.25, -0.2) is 9.97 Å². The number of aryl methyl sites for hydroxylation is 1. The minimum absolute atomic E-state index is 0.0159. The number of para-hydroxylation sites is 1. The molecule has 7 nitrogen and oxygen atoms in total. The highest BCUT2D eigenvalue weighted by atomic mass is 16.3. The largest absolute Gasteiger partial charge is 0.438 e. The molecule has 1 N–H and O–H groups in total. The predicted molar refractivity (Wildman–Crippen MR) is 102 cm³/mol. The Hall–Kier alpha value is -3.22. The van der Waals surface area contributed by atoms with E-state index in [1.807, 2.05) is 23.1 Å². The van der Waals surface area contributed by atoms with Crippen LogP contribution in [0.2, 0.25) is 0 Å². The van der Waals surface area contributed by atoms with Crippen molar-refractivity contribution in [2.24, 2.45) is 4.99 Å². The van der Waals surface area contributed by atoms with Crippen molar-refractivity contribution < 1.29 is 9.21 Å². The van der Waals surface area contributed by atoms with E-state index in [0.29, 0.717) is 18.0 Å². The Bertz CT molecular complexity index is 1140. The second-order valence-corrected chi connectivity index (χ2v) is 7.95. The zero-order valence-corrected chi connectivity index (χ0v) is 15.5. The monoisotopic (exact) mass is 373 g/mol. The molecular weight excluding hydrogens is 354 g/mol. The maximum atomic E-state index is 13.5. The Labute approximate surface area is 161 Å². The summed E-state index contributed by atoms with van der Waals surface area (Å²) in [6, 6.07) is 7.84. The van der Waals surface area contributed by atoms with Gasteiger partial charge in [-0.15, -0.1) is 0 Å². The number of rotatable bonds is 2. The number of hydrogen-bond donors (Lipinski definition) is 1. The molecule has 2 aliphatic heterocycles. The van der Waals surface area contributed by atoms with Gasteiger partial charge in [0, 0.05) is 24.1 Å². The fourth-order valence-corrected chi connectivity index (χ4v) is 4.62. The summed E-state index contributed by atoms with van der Waals surface area (Å²) in [6.07, 6.45) is 5.91. The first kappa shape index (κ1) is 15.8. The van der Waals surface area contributed by atoms with Crippen LogP contribution >= 0.6 is 0 Å². The highest BCUT2D eigenvalue weighted by Crippen LogP contribution is 2.54. The number of carbonyl (C=O) groups is 1. The van der Waals surface area contributed by atoms with Crippen LogP contribution in [0.15, 0.2) is 46.4 Å². The first-order chi connectivity index (χ1) is 13.7. The van der Waals surface area contributed by atoms with Gasteiger partial charge in [0.25, 0.3) is 5.91 Å². The maximum Gasteiger partial charge on any atom is 0.292 e. The summed E-state index contributed by atoms with van der Waals surface area (Å²) in [6.45, 7) is 2.44. The molecule has 0 unspecified atom stereocenters. The number of oxazole rings is 1. The second-order valence-electron chi connectivity index (χ2n) is 7.95. The van der Waals surface area contributed by atoms with Gasteiger partial charge in [-0.3, -0.25) is 9.79 Å². The van der Waals surface area contributed by atoms with E-state index in [0.717, 1.165) is 42.0 Å². The molecule has 1 saturated carbocycles. The van der Waals surface area contributed by atoms with Crippen LogP contribution in [0.1, 0.15) is 52.1 Å². The Morgan fingerprint density at radius 1 is 1.29 bits per heavy atom. The fourth-order valence-electron chi connectivity index (χ4n) is 4.62. The van der Waals surface area contributed by atoms with E-state index < -0.39 is 0 Å². The smallest absolute Gasteiger partial charge is 0.292 e. The van der Waals surface area contributed by atoms with Crippen molar-refractivity contribution in [1.82, 2.24) is 19.9 Å². The zero-order chi connectivity index (χ0) is 18.9. The summed E-state index contributed by atoms with van der Waals surface area (Å²) in [4.78, 5) is 32.3. The topological polar surface area (TPSA) is 87.4 Å². The maximum absolute atomic E-state index is 13.5. The number of H-pyrrole nitrogens is 1. The second kappa shape index (κ2) is 5.41. The Kier molecular flexibility index (Phi) is 3.05. The van der Waals surface area contributed by atoms with Gasteiger partial charge in [0.1, 0.15) is 6.04 Å². The molecule has 1 spiro atoms. The molecule has 1 aromatic carbocycles. The average Bonchev–Trinajstić information content (AvgIpc) is 3.11. The van der Waals surface area contributed by atoms with E-state index in [4.69, 9.17) is 9.41 Å². The van der Waals surface area contributed by atoms with Crippen LogP contribution in [0.25, 0.3) is 0 Å². The van der Waals surface area contributed by atoms with Gasteiger partial charge in [-0.1, -0.05) is 18.2 Å². The SMILES string of the molecule is Cc1ncoc1C(=O)N1CC2(CC2)c2[nH]cnc2[C@H]1C1=Nc2ccccc2C1. The molecule has 0 radical (unpaired) electrons. The predicted octanol–water partition coefficient (Wildman–Crippen LogP) is 3.26. The van der Waals surface area contributed by atoms with E-state index in [9.17, 15) is 4.79 Å². The number of fused-ring (bicyclic) bond motifs is 3. The van der Waals surface area contributed by atoms with Crippen LogP contribution in [-0.2, 0) is 11.8 Å². The third kappa shape index (κ3) is 2.10. The van der Waals surface area contributed by atoms with Gasteiger partial charge < -0.3 is 14.3 Å². The highest BCUT2D eigenvalue weighted by molar-refractivity contribution is 6.03. The molecule has 140 valence electrons. The number of aromatic nitrogens is 3. The quantitative estimate of drug-likeness (QED) is 0.747. The molecule has 1 atom stereocenters. The Morgan fingerprint density at radius 3 is 2.89 bits per heavy atom. The summed E-state index contributed by atoms with van der Waals surface area (Å²) in [5.74, 6) is 0.162. The van der Waals surface area contributed by atoms with Crippen LogP contribution < -0.4 is 0 Å². The lowest BCUT2D eigenvalue weighted by Gasteiger charge is -2.39. The number of benzene rings is 1. The third-order valence-corrected chi connectivity index (χ3v) is 6.24. The van der Waals surface area contributed by atoms with Crippen LogP contribution in [0, 0.1) is 6.92 Å². The number of amides is 1. The minimum atomic E-state index is -0.295. The van der Waals surface area contributed by atoms with Gasteiger partial charge in [0.2, 0.25) is 5.76 Å². The minimum Gasteiger partial charge on any atom is -0.438 e. The van der Waals surface area contributed by atoms with Crippen molar-refractivity contribution in [2.45, 2.75) is 37.6 Å². The fraction of sp³-hybridized carbons (Fsp3) is 0.333. The van der Waals surface area contributed by atoms with Crippen LogP contribution in [0.4, 0.5) is 5.69 Å². The van der Waals surface area contributed by atoms with Crippen molar-refractivity contribution in [3.05, 3.63) is 65.4 Å². The van der Waals surface area contributed by atoms with Gasteiger partial charge in [0.05, 0.1) is 29.1 Å². The van der Waals surface area contributed by atoms with Crippen LogP contribution in [0.3, 0.4) is 0 Å². The summed E-state index contributed by atoms with van der Waals surface area (Å²) < 4.78 is 5.44. The molecule has 0 saturated heterocycles. The van der Waals surface area contributed by atoms with Crippen LogP contribution in [0.5, 0.6) is 0 Å². The van der Waals surface area contributed by atoms with E-state index in [2.05, 4.69) is 21.0 Å². The van der Waals surface area contributed by atoms with Gasteiger partial charge in [0.15, 0.2) is 6.39 Å². The number of nitrogens with zero attached hydrogens (tertiary/aromatic N) is 4. The van der Waals surface area contributed by atoms with Crippen molar-refractivity contribution >= 4 is 17.3 Å². The van der Waals surface area contributed by atoms with E-state index in [-0.39, 0.29) is 17.4 Å². The number of nitrogens with one attached hydrogen (secondary N) is 1. The average molecular weight is 373 g/mol. The number of aromatic amines is 1. The van der Waals surface area contributed by atoms with E-state index in [1.165, 1.54) is 12.0 Å². The van der Waals surface area contributed by atoms with E-state index in [1.54, 1.807) is 13.3 Å². The molecule has 6 rings (SSSR count). The highest BCUT2D eigenvalue weighted by Gasteiger charge is 2.56. The molecule has 1 amide bonds. The summed E-state index contributed by atoms with van der Waals surface area (Å²) in [5.41, 5.74) is 5.79. The van der Waals surface area contributed by atoms with Gasteiger partial charge in [-0.2, -0.15) is 0 Å². The molecular formula is C21H19N5O2. The van der Waals surface area contributed by atoms with Crippen molar-refractivity contribution in [2.75, 3.05) is 6.54 Å². The molecule has 7 heteroatoms. The summed E-state index contributed by atoms with van der Waals surface area (Å²) in [7, 11) is 0. The zero-order valence-electron chi connectivity index (χ0n) is 15.5.